The number of aromatic nitrogens is 1. The average molecular weight is 390 g/mol. The fourth-order valence-corrected chi connectivity index (χ4v) is 4.35. The van der Waals surface area contributed by atoms with Crippen molar-refractivity contribution < 1.29 is 17.9 Å². The van der Waals surface area contributed by atoms with Crippen LogP contribution in [0.4, 0.5) is 0 Å². The van der Waals surface area contributed by atoms with Crippen LogP contribution in [0, 0.1) is 6.92 Å². The minimum absolute atomic E-state index is 0.168. The van der Waals surface area contributed by atoms with Crippen molar-refractivity contribution in [2.75, 3.05) is 13.4 Å². The Morgan fingerprint density at radius 1 is 1.15 bits per heavy atom. The zero-order chi connectivity index (χ0) is 19.1. The lowest BCUT2D eigenvalue weighted by atomic mass is 10.2. The summed E-state index contributed by atoms with van der Waals surface area (Å²) < 4.78 is 31.3. The lowest BCUT2D eigenvalue weighted by molar-refractivity contribution is 0.0998. The minimum Gasteiger partial charge on any atom is -0.495 e. The van der Waals surface area contributed by atoms with Crippen molar-refractivity contribution in [3.05, 3.63) is 52.3 Å². The van der Waals surface area contributed by atoms with Gasteiger partial charge in [-0.25, -0.2) is 8.42 Å². The number of hydrogen-bond donors (Lipinski definition) is 0. The van der Waals surface area contributed by atoms with Crippen LogP contribution in [0.2, 0.25) is 0 Å². The minimum atomic E-state index is -3.30. The molecule has 0 aliphatic heterocycles. The Balaban J connectivity index is 2.09. The molecule has 0 unspecified atom stereocenters. The highest BCUT2D eigenvalue weighted by Gasteiger charge is 2.13. The van der Waals surface area contributed by atoms with Crippen molar-refractivity contribution in [1.29, 1.82) is 0 Å². The summed E-state index contributed by atoms with van der Waals surface area (Å²) in [5.41, 5.74) is 2.29. The molecular formula is C18H18N2O4S2. The van der Waals surface area contributed by atoms with Crippen LogP contribution in [0.1, 0.15) is 15.9 Å². The van der Waals surface area contributed by atoms with Crippen LogP contribution < -0.4 is 9.54 Å². The number of rotatable bonds is 3. The molecule has 0 aliphatic rings. The number of nitrogens with zero attached hydrogens (tertiary/aromatic N) is 2. The summed E-state index contributed by atoms with van der Waals surface area (Å²) in [5, 5.41) is 0. The predicted octanol–water partition coefficient (Wildman–Crippen LogP) is 2.70. The summed E-state index contributed by atoms with van der Waals surface area (Å²) in [4.78, 5) is 17.4. The summed E-state index contributed by atoms with van der Waals surface area (Å²) in [6.45, 7) is 1.99. The van der Waals surface area contributed by atoms with E-state index >= 15 is 0 Å². The molecule has 2 aromatic carbocycles. The molecule has 0 spiro atoms. The van der Waals surface area contributed by atoms with E-state index in [4.69, 9.17) is 4.74 Å². The van der Waals surface area contributed by atoms with Gasteiger partial charge in [0.05, 0.1) is 16.7 Å². The van der Waals surface area contributed by atoms with E-state index in [-0.39, 0.29) is 4.90 Å². The van der Waals surface area contributed by atoms with Crippen LogP contribution >= 0.6 is 11.3 Å². The van der Waals surface area contributed by atoms with Crippen LogP contribution in [-0.4, -0.2) is 32.3 Å². The summed E-state index contributed by atoms with van der Waals surface area (Å²) in [6, 6.07) is 9.63. The van der Waals surface area contributed by atoms with E-state index in [2.05, 4.69) is 4.99 Å². The molecule has 26 heavy (non-hydrogen) atoms. The molecule has 0 radical (unpaired) electrons. The van der Waals surface area contributed by atoms with Crippen molar-refractivity contribution in [3.63, 3.8) is 0 Å². The van der Waals surface area contributed by atoms with Crippen LogP contribution in [0.3, 0.4) is 0 Å². The number of carbonyl (C=O) groups excluding carboxylic acids is 1. The van der Waals surface area contributed by atoms with E-state index in [0.717, 1.165) is 27.8 Å². The SMILES string of the molecule is COc1ccc(C)c2sc(=NC(=O)c3ccc(S(C)(=O)=O)cc3)n(C)c12. The van der Waals surface area contributed by atoms with Gasteiger partial charge in [-0.15, -0.1) is 0 Å². The maximum atomic E-state index is 12.5. The van der Waals surface area contributed by atoms with Gasteiger partial charge in [0.1, 0.15) is 11.3 Å². The third-order valence-electron chi connectivity index (χ3n) is 4.05. The molecule has 0 saturated carbocycles. The first kappa shape index (κ1) is 18.3. The molecule has 1 heterocycles. The van der Waals surface area contributed by atoms with Crippen molar-refractivity contribution in [1.82, 2.24) is 4.57 Å². The first-order chi connectivity index (χ1) is 12.2. The van der Waals surface area contributed by atoms with Gasteiger partial charge in [-0.2, -0.15) is 4.99 Å². The monoisotopic (exact) mass is 390 g/mol. The second kappa shape index (κ2) is 6.69. The summed E-state index contributed by atoms with van der Waals surface area (Å²) in [7, 11) is 0.139. The van der Waals surface area contributed by atoms with Gasteiger partial charge in [0.25, 0.3) is 5.91 Å². The zero-order valence-electron chi connectivity index (χ0n) is 14.8. The first-order valence-electron chi connectivity index (χ1n) is 7.74. The van der Waals surface area contributed by atoms with Gasteiger partial charge in [-0.1, -0.05) is 17.4 Å². The van der Waals surface area contributed by atoms with Crippen molar-refractivity contribution in [3.8, 4) is 5.75 Å². The second-order valence-corrected chi connectivity index (χ2v) is 8.91. The predicted molar refractivity (Wildman–Crippen MR) is 102 cm³/mol. The number of fused-ring (bicyclic) bond motifs is 1. The normalized spacial score (nSPS) is 12.5. The number of aryl methyl sites for hydroxylation is 2. The molecule has 8 heteroatoms. The number of carbonyl (C=O) groups is 1. The van der Waals surface area contributed by atoms with Gasteiger partial charge in [0.2, 0.25) is 0 Å². The van der Waals surface area contributed by atoms with Crippen LogP contribution in [0.5, 0.6) is 5.75 Å². The molecule has 0 bridgehead atoms. The topological polar surface area (TPSA) is 77.7 Å². The maximum absolute atomic E-state index is 12.5. The Bertz CT molecular complexity index is 1170. The maximum Gasteiger partial charge on any atom is 0.279 e. The molecule has 0 fully saturated rings. The number of hydrogen-bond acceptors (Lipinski definition) is 5. The van der Waals surface area contributed by atoms with Gasteiger partial charge in [0, 0.05) is 18.9 Å². The average Bonchev–Trinajstić information content (AvgIpc) is 2.93. The Kier molecular flexibility index (Phi) is 4.72. The highest BCUT2D eigenvalue weighted by atomic mass is 32.2. The van der Waals surface area contributed by atoms with E-state index in [1.54, 1.807) is 7.11 Å². The number of methoxy groups -OCH3 is 1. The molecule has 3 rings (SSSR count). The van der Waals surface area contributed by atoms with E-state index in [0.29, 0.717) is 10.4 Å². The number of sulfone groups is 1. The highest BCUT2D eigenvalue weighted by Crippen LogP contribution is 2.29. The van der Waals surface area contributed by atoms with E-state index in [1.165, 1.54) is 35.6 Å². The second-order valence-electron chi connectivity index (χ2n) is 5.92. The molecule has 0 saturated heterocycles. The van der Waals surface area contributed by atoms with Crippen LogP contribution in [-0.2, 0) is 16.9 Å². The Hall–Kier alpha value is -2.45. The molecule has 1 amide bonds. The van der Waals surface area contributed by atoms with Gasteiger partial charge >= 0.3 is 0 Å². The Morgan fingerprint density at radius 3 is 2.38 bits per heavy atom. The van der Waals surface area contributed by atoms with Gasteiger partial charge in [-0.05, 0) is 42.8 Å². The Labute approximate surface area is 155 Å². The lowest BCUT2D eigenvalue weighted by Gasteiger charge is -2.05. The molecule has 136 valence electrons. The van der Waals surface area contributed by atoms with Crippen molar-refractivity contribution in [2.24, 2.45) is 12.0 Å². The fourth-order valence-electron chi connectivity index (χ4n) is 2.61. The molecular weight excluding hydrogens is 372 g/mol. The van der Waals surface area contributed by atoms with Gasteiger partial charge < -0.3 is 9.30 Å². The summed E-state index contributed by atoms with van der Waals surface area (Å²) in [5.74, 6) is 0.291. The quantitative estimate of drug-likeness (QED) is 0.689. The number of benzene rings is 2. The van der Waals surface area contributed by atoms with Crippen LogP contribution in [0.15, 0.2) is 46.3 Å². The molecule has 0 N–H and O–H groups in total. The third-order valence-corrected chi connectivity index (χ3v) is 6.45. The molecule has 0 atom stereocenters. The largest absolute Gasteiger partial charge is 0.495 e. The first-order valence-corrected chi connectivity index (χ1v) is 10.5. The zero-order valence-corrected chi connectivity index (χ0v) is 16.4. The van der Waals surface area contributed by atoms with Crippen molar-refractivity contribution >= 4 is 37.3 Å². The standard InChI is InChI=1S/C18H18N2O4S2/c1-11-5-10-14(24-3)15-16(11)25-18(20(15)2)19-17(21)12-6-8-13(9-7-12)26(4,22)23/h5-10H,1-4H3. The van der Waals surface area contributed by atoms with Crippen molar-refractivity contribution in [2.45, 2.75) is 11.8 Å². The molecule has 6 nitrogen and oxygen atoms in total. The molecule has 0 aliphatic carbocycles. The van der Waals surface area contributed by atoms with E-state index in [1.807, 2.05) is 30.7 Å². The van der Waals surface area contributed by atoms with Gasteiger partial charge in [0.15, 0.2) is 14.6 Å². The highest BCUT2D eigenvalue weighted by molar-refractivity contribution is 7.90. The summed E-state index contributed by atoms with van der Waals surface area (Å²) in [6.07, 6.45) is 1.13. The molecule has 1 aromatic heterocycles. The van der Waals surface area contributed by atoms with E-state index < -0.39 is 15.7 Å². The fraction of sp³-hybridized carbons (Fsp3) is 0.222. The Morgan fingerprint density at radius 2 is 1.81 bits per heavy atom. The third kappa shape index (κ3) is 3.30. The molecule has 3 aromatic rings. The summed E-state index contributed by atoms with van der Waals surface area (Å²) >= 11 is 1.41. The number of thiazole rings is 1. The van der Waals surface area contributed by atoms with E-state index in [9.17, 15) is 13.2 Å². The van der Waals surface area contributed by atoms with Crippen LogP contribution in [0.25, 0.3) is 10.2 Å². The van der Waals surface area contributed by atoms with Gasteiger partial charge in [-0.3, -0.25) is 4.79 Å². The lowest BCUT2D eigenvalue weighted by Crippen LogP contribution is -2.13. The smallest absolute Gasteiger partial charge is 0.279 e. The number of ether oxygens (including phenoxy) is 1. The number of amides is 1.